The number of ether oxygens (including phenoxy) is 4. The summed E-state index contributed by atoms with van der Waals surface area (Å²) >= 11 is 0. The van der Waals surface area contributed by atoms with Crippen molar-refractivity contribution in [3.05, 3.63) is 71.8 Å². The minimum atomic E-state index is -0.659. The first-order valence-corrected chi connectivity index (χ1v) is 11.5. The first-order valence-electron chi connectivity index (χ1n) is 11.5. The summed E-state index contributed by atoms with van der Waals surface area (Å²) in [4.78, 5) is 15.0. The molecule has 168 valence electrons. The molecular weight excluding hydrogens is 406 g/mol. The van der Waals surface area contributed by atoms with Crippen molar-refractivity contribution in [2.75, 3.05) is 6.54 Å². The van der Waals surface area contributed by atoms with Gasteiger partial charge in [-0.2, -0.15) is 0 Å². The summed E-state index contributed by atoms with van der Waals surface area (Å²) in [6.07, 6.45) is -0.279. The van der Waals surface area contributed by atoms with Crippen molar-refractivity contribution < 1.29 is 23.7 Å². The second-order valence-electron chi connectivity index (χ2n) is 9.79. The monoisotopic (exact) mass is 435 g/mol. The molecule has 0 spiro atoms. The normalized spacial score (nSPS) is 36.9. The van der Waals surface area contributed by atoms with Crippen LogP contribution in [-0.4, -0.2) is 53.8 Å². The Morgan fingerprint density at radius 2 is 1.66 bits per heavy atom. The van der Waals surface area contributed by atoms with Crippen LogP contribution in [0.15, 0.2) is 60.7 Å². The number of hydrogen-bond acceptors (Lipinski definition) is 5. The van der Waals surface area contributed by atoms with E-state index in [1.807, 2.05) is 55.1 Å². The number of amides is 1. The van der Waals surface area contributed by atoms with Gasteiger partial charge in [-0.25, -0.2) is 0 Å². The molecule has 6 nitrogen and oxygen atoms in total. The lowest BCUT2D eigenvalue weighted by molar-refractivity contribution is -0.247. The molecule has 2 aromatic carbocycles. The Morgan fingerprint density at radius 1 is 0.969 bits per heavy atom. The predicted molar refractivity (Wildman–Crippen MR) is 116 cm³/mol. The molecule has 0 saturated carbocycles. The Morgan fingerprint density at radius 3 is 2.38 bits per heavy atom. The Kier molecular flexibility index (Phi) is 4.88. The van der Waals surface area contributed by atoms with E-state index in [1.54, 1.807) is 0 Å². The van der Waals surface area contributed by atoms with Gasteiger partial charge in [0.2, 0.25) is 0 Å². The third kappa shape index (κ3) is 3.37. The first-order chi connectivity index (χ1) is 15.5. The van der Waals surface area contributed by atoms with Crippen molar-refractivity contribution in [1.82, 2.24) is 4.90 Å². The molecule has 2 aromatic rings. The average molecular weight is 436 g/mol. The highest BCUT2D eigenvalue weighted by molar-refractivity contribution is 5.89. The van der Waals surface area contributed by atoms with Gasteiger partial charge in [-0.3, -0.25) is 4.79 Å². The van der Waals surface area contributed by atoms with Gasteiger partial charge >= 0.3 is 0 Å². The van der Waals surface area contributed by atoms with Crippen LogP contribution in [0.3, 0.4) is 0 Å². The maximum Gasteiger partial charge on any atom is 0.254 e. The second-order valence-corrected chi connectivity index (χ2v) is 9.79. The van der Waals surface area contributed by atoms with Gasteiger partial charge in [-0.1, -0.05) is 60.7 Å². The third-order valence-corrected chi connectivity index (χ3v) is 7.26. The number of hydrogen-bond donors (Lipinski definition) is 0. The fourth-order valence-corrected chi connectivity index (χ4v) is 5.92. The van der Waals surface area contributed by atoms with Gasteiger partial charge in [-0.15, -0.1) is 0 Å². The van der Waals surface area contributed by atoms with Gasteiger partial charge in [0.15, 0.2) is 18.2 Å². The van der Waals surface area contributed by atoms with Gasteiger partial charge in [-0.05, 0) is 37.3 Å². The van der Waals surface area contributed by atoms with E-state index >= 15 is 0 Å². The van der Waals surface area contributed by atoms with E-state index in [9.17, 15) is 4.79 Å². The lowest BCUT2D eigenvalue weighted by atomic mass is 9.70. The summed E-state index contributed by atoms with van der Waals surface area (Å²) in [5.74, 6) is -0.206. The molecule has 4 heterocycles. The van der Waals surface area contributed by atoms with Crippen molar-refractivity contribution >= 4 is 5.91 Å². The molecule has 7 atom stereocenters. The summed E-state index contributed by atoms with van der Waals surface area (Å²) in [7, 11) is 0. The maximum absolute atomic E-state index is 13.0. The molecule has 4 aliphatic heterocycles. The van der Waals surface area contributed by atoms with Crippen molar-refractivity contribution in [2.45, 2.75) is 63.3 Å². The quantitative estimate of drug-likeness (QED) is 0.676. The zero-order valence-electron chi connectivity index (χ0n) is 18.4. The maximum atomic E-state index is 13.0. The van der Waals surface area contributed by atoms with E-state index in [0.29, 0.717) is 13.2 Å². The van der Waals surface area contributed by atoms with Crippen molar-refractivity contribution in [3.8, 4) is 0 Å². The lowest BCUT2D eigenvalue weighted by Gasteiger charge is -2.56. The summed E-state index contributed by atoms with van der Waals surface area (Å²) in [5, 5.41) is 0. The number of nitrogens with zero attached hydrogens (tertiary/aromatic N) is 1. The number of piperidine rings is 1. The average Bonchev–Trinajstić information content (AvgIpc) is 3.27. The van der Waals surface area contributed by atoms with E-state index in [-0.39, 0.29) is 36.0 Å². The van der Waals surface area contributed by atoms with Crippen LogP contribution >= 0.6 is 0 Å². The topological polar surface area (TPSA) is 57.2 Å². The van der Waals surface area contributed by atoms with E-state index in [4.69, 9.17) is 18.9 Å². The summed E-state index contributed by atoms with van der Waals surface area (Å²) in [6, 6.07) is 20.3. The van der Waals surface area contributed by atoms with Crippen LogP contribution in [0.25, 0.3) is 0 Å². The smallest absolute Gasteiger partial charge is 0.254 e. The number of benzene rings is 2. The van der Waals surface area contributed by atoms with Gasteiger partial charge in [0.25, 0.3) is 5.91 Å². The number of β-lactam (4-membered cyclic amide) rings is 1. The highest BCUT2D eigenvalue weighted by Crippen LogP contribution is 2.51. The SMILES string of the molecule is CC1(C)O[C@H]2O[C@H]3[C@H](C(Cc4ccccc4)CN4C(=O)[C@H](OCc5ccccc5)[C@H]34)[C@H]2O1. The molecular formula is C26H29NO5. The van der Waals surface area contributed by atoms with Gasteiger partial charge in [0.05, 0.1) is 18.8 Å². The molecule has 4 aliphatic rings. The molecule has 32 heavy (non-hydrogen) atoms. The summed E-state index contributed by atoms with van der Waals surface area (Å²) < 4.78 is 24.9. The van der Waals surface area contributed by atoms with Crippen molar-refractivity contribution in [1.29, 1.82) is 0 Å². The zero-order valence-corrected chi connectivity index (χ0v) is 18.4. The number of carbonyl (C=O) groups excluding carboxylic acids is 1. The van der Waals surface area contributed by atoms with Crippen LogP contribution in [0.5, 0.6) is 0 Å². The molecule has 0 bridgehead atoms. The number of rotatable bonds is 5. The van der Waals surface area contributed by atoms with Crippen LogP contribution in [-0.2, 0) is 36.8 Å². The van der Waals surface area contributed by atoms with Crippen molar-refractivity contribution in [2.24, 2.45) is 11.8 Å². The lowest BCUT2D eigenvalue weighted by Crippen LogP contribution is -2.75. The zero-order chi connectivity index (χ0) is 21.9. The fraction of sp³-hybridized carbons (Fsp3) is 0.500. The van der Waals surface area contributed by atoms with Gasteiger partial charge in [0.1, 0.15) is 6.10 Å². The molecule has 1 amide bonds. The Hall–Kier alpha value is -2.25. The van der Waals surface area contributed by atoms with E-state index < -0.39 is 18.2 Å². The Labute approximate surface area is 188 Å². The minimum absolute atomic E-state index is 0.0604. The highest BCUT2D eigenvalue weighted by Gasteiger charge is 2.67. The van der Waals surface area contributed by atoms with Crippen LogP contribution in [0.4, 0.5) is 0 Å². The molecule has 0 radical (unpaired) electrons. The molecule has 0 aromatic heterocycles. The first kappa shape index (κ1) is 20.4. The van der Waals surface area contributed by atoms with Gasteiger partial charge in [0, 0.05) is 12.5 Å². The fourth-order valence-electron chi connectivity index (χ4n) is 5.92. The van der Waals surface area contributed by atoms with Crippen LogP contribution < -0.4 is 0 Å². The number of carbonyl (C=O) groups is 1. The molecule has 1 unspecified atom stereocenters. The van der Waals surface area contributed by atoms with E-state index in [2.05, 4.69) is 24.3 Å². The Bertz CT molecular complexity index is 980. The molecule has 6 rings (SSSR count). The molecule has 6 heteroatoms. The Balaban J connectivity index is 1.25. The predicted octanol–water partition coefficient (Wildman–Crippen LogP) is 3.15. The summed E-state index contributed by atoms with van der Waals surface area (Å²) in [6.45, 7) is 4.98. The van der Waals surface area contributed by atoms with Gasteiger partial charge < -0.3 is 23.8 Å². The van der Waals surface area contributed by atoms with E-state index in [1.165, 1.54) is 5.56 Å². The summed E-state index contributed by atoms with van der Waals surface area (Å²) in [5.41, 5.74) is 2.33. The highest BCUT2D eigenvalue weighted by atomic mass is 16.8. The van der Waals surface area contributed by atoms with Crippen LogP contribution in [0, 0.1) is 11.8 Å². The molecule has 0 aliphatic carbocycles. The number of fused-ring (bicyclic) bond motifs is 5. The minimum Gasteiger partial charge on any atom is -0.361 e. The second kappa shape index (κ2) is 7.66. The van der Waals surface area contributed by atoms with Crippen molar-refractivity contribution in [3.63, 3.8) is 0 Å². The standard InChI is InChI=1S/C26H29NO5/c1-26(2)31-22-19-18(13-16-9-5-3-6-10-16)14-27-20(21(19)30-25(22)32-26)23(24(27)28)29-15-17-11-7-4-8-12-17/h3-12,18-23,25H,13-15H2,1-2H3/t18?,19-,20-,21-,22+,23+,25+/m0/s1. The third-order valence-electron chi connectivity index (χ3n) is 7.26. The molecule has 4 fully saturated rings. The van der Waals surface area contributed by atoms with E-state index in [0.717, 1.165) is 12.0 Å². The molecule has 4 saturated heterocycles. The largest absolute Gasteiger partial charge is 0.361 e. The van der Waals surface area contributed by atoms with Crippen LogP contribution in [0.2, 0.25) is 0 Å². The van der Waals surface area contributed by atoms with Crippen LogP contribution in [0.1, 0.15) is 25.0 Å². The molecule has 0 N–H and O–H groups in total.